The predicted octanol–water partition coefficient (Wildman–Crippen LogP) is 7.73. The number of pyridine rings is 1. The molecule has 0 fully saturated rings. The van der Waals surface area contributed by atoms with Crippen molar-refractivity contribution < 1.29 is 19.2 Å². The standard InChI is InChI=1S/C10H13ClN2.C10H13NO3.C5H13N.C5H10O2/c1-3-4-9(12)8-6-13-10(11)5-7(8)2;1-3-4-8-5-6-9(11(12)13)7-10(8)14-2;1-3-4-5-6-2;1-5(2,3)7-4-6/h5-6,12H,3-4H2,1-2H3;5-7H,3-4H2,1-2H3;6H,3-5H2,1-2H3;4H,1-3H3. The van der Waals surface area contributed by atoms with Gasteiger partial charge in [-0.15, -0.1) is 0 Å². The van der Waals surface area contributed by atoms with Gasteiger partial charge < -0.3 is 20.2 Å². The number of hydrogen-bond acceptors (Lipinski definition) is 8. The third-order valence-electron chi connectivity index (χ3n) is 5.09. The average molecular weight is 581 g/mol. The highest BCUT2D eigenvalue weighted by atomic mass is 35.5. The maximum atomic E-state index is 10.5. The van der Waals surface area contributed by atoms with Gasteiger partial charge in [0.25, 0.3) is 12.2 Å². The summed E-state index contributed by atoms with van der Waals surface area (Å²) in [4.78, 5) is 23.6. The summed E-state index contributed by atoms with van der Waals surface area (Å²) < 4.78 is 9.63. The van der Waals surface area contributed by atoms with Crippen molar-refractivity contribution >= 4 is 29.5 Å². The molecular weight excluding hydrogens is 532 g/mol. The summed E-state index contributed by atoms with van der Waals surface area (Å²) in [5.74, 6) is 0.598. The number of carbonyl (C=O) groups is 1. The molecule has 0 spiro atoms. The number of rotatable bonds is 11. The monoisotopic (exact) mass is 580 g/mol. The summed E-state index contributed by atoms with van der Waals surface area (Å²) >= 11 is 5.72. The van der Waals surface area contributed by atoms with E-state index in [1.807, 2.05) is 34.7 Å². The molecule has 0 amide bonds. The van der Waals surface area contributed by atoms with E-state index in [1.54, 1.807) is 18.3 Å². The van der Waals surface area contributed by atoms with E-state index < -0.39 is 4.92 Å². The Balaban J connectivity index is 0. The van der Waals surface area contributed by atoms with Crippen LogP contribution in [0.2, 0.25) is 5.15 Å². The number of ether oxygens (including phenoxy) is 2. The predicted molar refractivity (Wildman–Crippen MR) is 165 cm³/mol. The molecule has 2 N–H and O–H groups in total. The number of non-ortho nitro benzene ring substituents is 1. The Morgan fingerprint density at radius 3 is 2.20 bits per heavy atom. The lowest BCUT2D eigenvalue weighted by molar-refractivity contribution is -0.384. The first-order valence-corrected chi connectivity index (χ1v) is 14.0. The van der Waals surface area contributed by atoms with Gasteiger partial charge in [-0.1, -0.05) is 51.6 Å². The van der Waals surface area contributed by atoms with Gasteiger partial charge in [0, 0.05) is 23.5 Å². The molecule has 40 heavy (non-hydrogen) atoms. The van der Waals surface area contributed by atoms with E-state index in [4.69, 9.17) is 21.7 Å². The molecule has 1 heterocycles. The molecule has 0 radical (unpaired) electrons. The van der Waals surface area contributed by atoms with Crippen molar-refractivity contribution in [3.63, 3.8) is 0 Å². The Bertz CT molecular complexity index is 1010. The van der Waals surface area contributed by atoms with Gasteiger partial charge in [-0.3, -0.25) is 14.9 Å². The molecule has 0 atom stereocenters. The molecule has 0 saturated carbocycles. The van der Waals surface area contributed by atoms with Crippen molar-refractivity contribution in [2.24, 2.45) is 0 Å². The molecule has 0 aliphatic carbocycles. The molecule has 1 aromatic heterocycles. The molecule has 0 saturated heterocycles. The number of aromatic nitrogens is 1. The third kappa shape index (κ3) is 19.1. The number of aryl methyl sites for hydroxylation is 2. The Morgan fingerprint density at radius 2 is 1.82 bits per heavy atom. The first kappa shape index (κ1) is 39.1. The first-order chi connectivity index (χ1) is 18.8. The second-order valence-electron chi connectivity index (χ2n) is 9.84. The minimum absolute atomic E-state index is 0.0710. The van der Waals surface area contributed by atoms with Crippen LogP contribution in [0.3, 0.4) is 0 Å². The Labute approximate surface area is 245 Å². The number of halogens is 1. The maximum absolute atomic E-state index is 10.5. The molecule has 2 rings (SSSR count). The number of carbonyl (C=O) groups excluding carboxylic acids is 1. The van der Waals surface area contributed by atoms with Gasteiger partial charge >= 0.3 is 0 Å². The number of hydrogen-bond donors (Lipinski definition) is 2. The van der Waals surface area contributed by atoms with Crippen molar-refractivity contribution in [2.75, 3.05) is 20.7 Å². The van der Waals surface area contributed by atoms with Crippen LogP contribution in [-0.2, 0) is 16.0 Å². The minimum Gasteiger partial charge on any atom is -0.496 e. The fraction of sp³-hybridized carbons (Fsp3) is 0.567. The van der Waals surface area contributed by atoms with E-state index in [1.165, 1.54) is 32.1 Å². The van der Waals surface area contributed by atoms with Crippen LogP contribution in [0.25, 0.3) is 0 Å². The number of methoxy groups -OCH3 is 1. The smallest absolute Gasteiger partial charge is 0.293 e. The second-order valence-corrected chi connectivity index (χ2v) is 10.2. The van der Waals surface area contributed by atoms with Crippen LogP contribution in [0.15, 0.2) is 30.5 Å². The zero-order chi connectivity index (χ0) is 31.1. The van der Waals surface area contributed by atoms with E-state index in [0.717, 1.165) is 48.9 Å². The normalized spacial score (nSPS) is 9.95. The van der Waals surface area contributed by atoms with E-state index in [9.17, 15) is 14.9 Å². The van der Waals surface area contributed by atoms with Crippen LogP contribution in [0.5, 0.6) is 5.75 Å². The largest absolute Gasteiger partial charge is 0.496 e. The number of nitro groups is 1. The topological polar surface area (TPSA) is 127 Å². The van der Waals surface area contributed by atoms with Crippen molar-refractivity contribution in [1.29, 1.82) is 5.41 Å². The SMILES string of the molecule is CC(C)(C)OC=O.CCCC(=N)c1cnc(Cl)cc1C.CCCCNC.CCCc1ccc([N+](=O)[O-])cc1OC. The van der Waals surface area contributed by atoms with Gasteiger partial charge in [-0.05, 0) is 83.8 Å². The van der Waals surface area contributed by atoms with Crippen LogP contribution < -0.4 is 10.1 Å². The lowest BCUT2D eigenvalue weighted by Crippen LogP contribution is -2.17. The summed E-state index contributed by atoms with van der Waals surface area (Å²) in [6, 6.07) is 6.51. The molecule has 1 aromatic carbocycles. The van der Waals surface area contributed by atoms with Crippen molar-refractivity contribution in [3.8, 4) is 5.75 Å². The highest BCUT2D eigenvalue weighted by Crippen LogP contribution is 2.25. The average Bonchev–Trinajstić information content (AvgIpc) is 2.88. The molecule has 0 bridgehead atoms. The highest BCUT2D eigenvalue weighted by molar-refractivity contribution is 6.29. The highest BCUT2D eigenvalue weighted by Gasteiger charge is 2.10. The Morgan fingerprint density at radius 1 is 1.18 bits per heavy atom. The van der Waals surface area contributed by atoms with Crippen molar-refractivity contribution in [2.45, 2.75) is 92.6 Å². The fourth-order valence-electron chi connectivity index (χ4n) is 3.04. The van der Waals surface area contributed by atoms with E-state index in [0.29, 0.717) is 23.1 Å². The Kier molecular flexibility index (Phi) is 22.2. The molecule has 226 valence electrons. The van der Waals surface area contributed by atoms with E-state index in [-0.39, 0.29) is 11.3 Å². The number of unbranched alkanes of at least 4 members (excludes halogenated alkanes) is 1. The molecule has 10 heteroatoms. The first-order valence-electron chi connectivity index (χ1n) is 13.6. The third-order valence-corrected chi connectivity index (χ3v) is 5.29. The van der Waals surface area contributed by atoms with Gasteiger partial charge in [0.05, 0.1) is 18.1 Å². The summed E-state index contributed by atoms with van der Waals surface area (Å²) in [6.07, 6.45) is 7.92. The van der Waals surface area contributed by atoms with Crippen LogP contribution in [0, 0.1) is 22.4 Å². The summed E-state index contributed by atoms with van der Waals surface area (Å²) in [6.45, 7) is 15.3. The minimum atomic E-state index is -0.418. The van der Waals surface area contributed by atoms with Crippen LogP contribution in [-0.4, -0.2) is 48.4 Å². The number of benzene rings is 1. The van der Waals surface area contributed by atoms with Gasteiger partial charge in [-0.2, -0.15) is 0 Å². The fourth-order valence-corrected chi connectivity index (χ4v) is 3.26. The number of nitrogens with zero attached hydrogens (tertiary/aromatic N) is 2. The lowest BCUT2D eigenvalue weighted by atomic mass is 10.0. The van der Waals surface area contributed by atoms with Crippen LogP contribution in [0.1, 0.15) is 90.3 Å². The van der Waals surface area contributed by atoms with Crippen molar-refractivity contribution in [3.05, 3.63) is 62.4 Å². The maximum Gasteiger partial charge on any atom is 0.293 e. The van der Waals surface area contributed by atoms with Crippen LogP contribution in [0.4, 0.5) is 5.69 Å². The molecule has 0 aliphatic heterocycles. The van der Waals surface area contributed by atoms with Crippen LogP contribution >= 0.6 is 11.6 Å². The van der Waals surface area contributed by atoms with Gasteiger partial charge in [-0.25, -0.2) is 4.98 Å². The van der Waals surface area contributed by atoms with Gasteiger partial charge in [0.15, 0.2) is 0 Å². The summed E-state index contributed by atoms with van der Waals surface area (Å²) in [5.41, 5.74) is 3.35. The number of nitrogens with one attached hydrogen (secondary N) is 2. The zero-order valence-corrected chi connectivity index (χ0v) is 26.5. The lowest BCUT2D eigenvalue weighted by Gasteiger charge is -2.14. The quantitative estimate of drug-likeness (QED) is 0.0694. The second kappa shape index (κ2) is 22.7. The van der Waals surface area contributed by atoms with Gasteiger partial charge in [0.1, 0.15) is 16.5 Å². The number of nitro benzene ring substituents is 1. The molecule has 0 unspecified atom stereocenters. The van der Waals surface area contributed by atoms with E-state index in [2.05, 4.69) is 35.8 Å². The summed E-state index contributed by atoms with van der Waals surface area (Å²) in [7, 11) is 3.51. The summed E-state index contributed by atoms with van der Waals surface area (Å²) in [5, 5.41) is 21.8. The van der Waals surface area contributed by atoms with Crippen molar-refractivity contribution in [1.82, 2.24) is 10.3 Å². The molecule has 9 nitrogen and oxygen atoms in total. The Hall–Kier alpha value is -3.04. The van der Waals surface area contributed by atoms with E-state index >= 15 is 0 Å². The molecule has 2 aromatic rings. The molecule has 0 aliphatic rings. The van der Waals surface area contributed by atoms with Gasteiger partial charge in [0.2, 0.25) is 0 Å². The zero-order valence-electron chi connectivity index (χ0n) is 25.7. The molecular formula is C30H49ClN4O5.